The van der Waals surface area contributed by atoms with Crippen LogP contribution in [0.3, 0.4) is 0 Å². The molecule has 2 rings (SSSR count). The third-order valence-electron chi connectivity index (χ3n) is 4.12. The van der Waals surface area contributed by atoms with Crippen LogP contribution < -0.4 is 0 Å². The first-order valence-corrected chi connectivity index (χ1v) is 6.66. The van der Waals surface area contributed by atoms with Crippen LogP contribution in [-0.2, 0) is 11.2 Å². The zero-order valence-corrected chi connectivity index (χ0v) is 10.9. The highest BCUT2D eigenvalue weighted by Gasteiger charge is 2.36. The third kappa shape index (κ3) is 2.96. The number of hydrogen-bond donors (Lipinski definition) is 0. The molecule has 1 heteroatoms. The maximum Gasteiger partial charge on any atom is 0.140 e. The summed E-state index contributed by atoms with van der Waals surface area (Å²) >= 11 is 0. The van der Waals surface area contributed by atoms with E-state index < -0.39 is 0 Å². The Morgan fingerprint density at radius 3 is 2.59 bits per heavy atom. The Labute approximate surface area is 104 Å². The van der Waals surface area contributed by atoms with Gasteiger partial charge in [0, 0.05) is 12.3 Å². The summed E-state index contributed by atoms with van der Waals surface area (Å²) in [7, 11) is 0. The van der Waals surface area contributed by atoms with Gasteiger partial charge in [-0.25, -0.2) is 0 Å². The Kier molecular flexibility index (Phi) is 3.66. The molecule has 17 heavy (non-hydrogen) atoms. The van der Waals surface area contributed by atoms with Crippen LogP contribution in [0.4, 0.5) is 0 Å². The lowest BCUT2D eigenvalue weighted by molar-refractivity contribution is -0.127. The quantitative estimate of drug-likeness (QED) is 0.766. The van der Waals surface area contributed by atoms with E-state index >= 15 is 0 Å². The van der Waals surface area contributed by atoms with Crippen LogP contribution in [0, 0.1) is 11.3 Å². The fourth-order valence-corrected chi connectivity index (χ4v) is 3.01. The second-order valence-corrected chi connectivity index (χ2v) is 5.92. The van der Waals surface area contributed by atoms with E-state index in [0.29, 0.717) is 12.2 Å². The molecular formula is C16H22O. The van der Waals surface area contributed by atoms with Gasteiger partial charge in [0.25, 0.3) is 0 Å². The SMILES string of the molecule is CC1(C)CCCCC1C(=O)Cc1ccccc1. The van der Waals surface area contributed by atoms with E-state index in [2.05, 4.69) is 13.8 Å². The second kappa shape index (κ2) is 5.03. The van der Waals surface area contributed by atoms with E-state index in [0.717, 1.165) is 12.0 Å². The van der Waals surface area contributed by atoms with Crippen LogP contribution in [0.5, 0.6) is 0 Å². The zero-order chi connectivity index (χ0) is 12.3. The third-order valence-corrected chi connectivity index (χ3v) is 4.12. The number of carbonyl (C=O) groups excluding carboxylic acids is 1. The smallest absolute Gasteiger partial charge is 0.140 e. The monoisotopic (exact) mass is 230 g/mol. The molecule has 1 aromatic carbocycles. The first-order chi connectivity index (χ1) is 8.09. The summed E-state index contributed by atoms with van der Waals surface area (Å²) in [5.41, 5.74) is 1.35. The van der Waals surface area contributed by atoms with Crippen molar-refractivity contribution in [1.82, 2.24) is 0 Å². The van der Waals surface area contributed by atoms with E-state index in [1.54, 1.807) is 0 Å². The van der Waals surface area contributed by atoms with Gasteiger partial charge in [-0.3, -0.25) is 4.79 Å². The molecule has 0 amide bonds. The lowest BCUT2D eigenvalue weighted by Gasteiger charge is -2.37. The number of carbonyl (C=O) groups is 1. The van der Waals surface area contributed by atoms with Crippen molar-refractivity contribution < 1.29 is 4.79 Å². The minimum absolute atomic E-state index is 0.199. The standard InChI is InChI=1S/C16H22O/c1-16(2)11-7-6-10-14(16)15(17)12-13-8-4-3-5-9-13/h3-5,8-9,14H,6-7,10-12H2,1-2H3. The summed E-state index contributed by atoms with van der Waals surface area (Å²) in [6.07, 6.45) is 5.38. The molecule has 0 N–H and O–H groups in total. The minimum atomic E-state index is 0.199. The molecule has 0 spiro atoms. The molecule has 0 saturated heterocycles. The Balaban J connectivity index is 2.04. The summed E-state index contributed by atoms with van der Waals surface area (Å²) in [6.45, 7) is 4.50. The highest BCUT2D eigenvalue weighted by molar-refractivity contribution is 5.84. The van der Waals surface area contributed by atoms with E-state index in [-0.39, 0.29) is 11.3 Å². The Morgan fingerprint density at radius 2 is 1.94 bits per heavy atom. The minimum Gasteiger partial charge on any atom is -0.299 e. The Bertz CT molecular complexity index is 378. The molecule has 1 aromatic rings. The second-order valence-electron chi connectivity index (χ2n) is 5.92. The number of rotatable bonds is 3. The lowest BCUT2D eigenvalue weighted by Crippen LogP contribution is -2.34. The molecule has 1 fully saturated rings. The molecule has 0 bridgehead atoms. The summed E-state index contributed by atoms with van der Waals surface area (Å²) in [4.78, 5) is 12.4. The van der Waals surface area contributed by atoms with Crippen LogP contribution in [0.1, 0.15) is 45.1 Å². The molecule has 1 unspecified atom stereocenters. The number of Topliss-reactive ketones (excluding diaryl/α,β-unsaturated/α-hetero) is 1. The average molecular weight is 230 g/mol. The molecule has 1 atom stereocenters. The van der Waals surface area contributed by atoms with Gasteiger partial charge in [0.05, 0.1) is 0 Å². The van der Waals surface area contributed by atoms with Crippen LogP contribution in [-0.4, -0.2) is 5.78 Å². The molecule has 1 aliphatic carbocycles. The first-order valence-electron chi connectivity index (χ1n) is 6.66. The number of ketones is 1. The van der Waals surface area contributed by atoms with Crippen molar-refractivity contribution >= 4 is 5.78 Å². The molecule has 1 saturated carbocycles. The van der Waals surface area contributed by atoms with Gasteiger partial charge in [0.15, 0.2) is 0 Å². The molecule has 92 valence electrons. The van der Waals surface area contributed by atoms with Crippen LogP contribution in [0.25, 0.3) is 0 Å². The van der Waals surface area contributed by atoms with Gasteiger partial charge in [-0.05, 0) is 23.8 Å². The predicted molar refractivity (Wildman–Crippen MR) is 70.9 cm³/mol. The Hall–Kier alpha value is -1.11. The van der Waals surface area contributed by atoms with Gasteiger partial charge in [0.2, 0.25) is 0 Å². The fourth-order valence-electron chi connectivity index (χ4n) is 3.01. The molecule has 0 aromatic heterocycles. The normalized spacial score (nSPS) is 23.3. The van der Waals surface area contributed by atoms with Crippen molar-refractivity contribution in [3.8, 4) is 0 Å². The first kappa shape index (κ1) is 12.3. The summed E-state index contributed by atoms with van der Waals surface area (Å²) in [5, 5.41) is 0. The number of benzene rings is 1. The van der Waals surface area contributed by atoms with Crippen molar-refractivity contribution in [3.05, 3.63) is 35.9 Å². The maximum absolute atomic E-state index is 12.4. The average Bonchev–Trinajstić information content (AvgIpc) is 2.29. The van der Waals surface area contributed by atoms with E-state index in [9.17, 15) is 4.79 Å². The largest absolute Gasteiger partial charge is 0.299 e. The summed E-state index contributed by atoms with van der Waals surface area (Å²) in [5.74, 6) is 0.692. The van der Waals surface area contributed by atoms with Crippen molar-refractivity contribution in [3.63, 3.8) is 0 Å². The predicted octanol–water partition coefficient (Wildman–Crippen LogP) is 4.01. The van der Waals surface area contributed by atoms with Crippen LogP contribution in [0.15, 0.2) is 30.3 Å². The van der Waals surface area contributed by atoms with Crippen molar-refractivity contribution in [2.24, 2.45) is 11.3 Å². The van der Waals surface area contributed by atoms with Gasteiger partial charge >= 0.3 is 0 Å². The van der Waals surface area contributed by atoms with E-state index in [1.807, 2.05) is 30.3 Å². The lowest BCUT2D eigenvalue weighted by atomic mass is 9.66. The summed E-state index contributed by atoms with van der Waals surface area (Å²) < 4.78 is 0. The van der Waals surface area contributed by atoms with Crippen molar-refractivity contribution in [1.29, 1.82) is 0 Å². The highest BCUT2D eigenvalue weighted by Crippen LogP contribution is 2.41. The van der Waals surface area contributed by atoms with Crippen LogP contribution >= 0.6 is 0 Å². The molecule has 0 heterocycles. The van der Waals surface area contributed by atoms with E-state index in [1.165, 1.54) is 19.3 Å². The highest BCUT2D eigenvalue weighted by atomic mass is 16.1. The van der Waals surface area contributed by atoms with Crippen molar-refractivity contribution in [2.75, 3.05) is 0 Å². The number of hydrogen-bond acceptors (Lipinski definition) is 1. The van der Waals surface area contributed by atoms with Gasteiger partial charge in [-0.2, -0.15) is 0 Å². The van der Waals surface area contributed by atoms with Gasteiger partial charge in [-0.15, -0.1) is 0 Å². The van der Waals surface area contributed by atoms with Gasteiger partial charge in [0.1, 0.15) is 5.78 Å². The molecule has 1 aliphatic rings. The van der Waals surface area contributed by atoms with Crippen LogP contribution in [0.2, 0.25) is 0 Å². The summed E-state index contributed by atoms with van der Waals surface area (Å²) in [6, 6.07) is 10.1. The maximum atomic E-state index is 12.4. The van der Waals surface area contributed by atoms with Crippen molar-refractivity contribution in [2.45, 2.75) is 46.0 Å². The van der Waals surface area contributed by atoms with E-state index in [4.69, 9.17) is 0 Å². The topological polar surface area (TPSA) is 17.1 Å². The Morgan fingerprint density at radius 1 is 1.24 bits per heavy atom. The zero-order valence-electron chi connectivity index (χ0n) is 10.9. The molecule has 1 nitrogen and oxygen atoms in total. The molecule has 0 radical (unpaired) electrons. The molecular weight excluding hydrogens is 208 g/mol. The van der Waals surface area contributed by atoms with Gasteiger partial charge in [-0.1, -0.05) is 57.0 Å². The molecule has 0 aliphatic heterocycles. The fraction of sp³-hybridized carbons (Fsp3) is 0.562. The van der Waals surface area contributed by atoms with Gasteiger partial charge < -0.3 is 0 Å².